The first-order valence-electron chi connectivity index (χ1n) is 8.62. The zero-order chi connectivity index (χ0) is 17.8. The Balaban J connectivity index is 1.56. The first-order chi connectivity index (χ1) is 12.1. The Kier molecular flexibility index (Phi) is 5.16. The number of H-pyrrole nitrogens is 1. The molecule has 0 radical (unpaired) electrons. The molecule has 0 unspecified atom stereocenters. The smallest absolute Gasteiger partial charge is 0.242 e. The molecule has 1 aliphatic rings. The predicted molar refractivity (Wildman–Crippen MR) is 91.7 cm³/mol. The molecule has 1 aliphatic heterocycles. The van der Waals surface area contributed by atoms with Crippen LogP contribution in [-0.2, 0) is 29.1 Å². The van der Waals surface area contributed by atoms with Gasteiger partial charge >= 0.3 is 0 Å². The van der Waals surface area contributed by atoms with Crippen LogP contribution in [0, 0.1) is 0 Å². The summed E-state index contributed by atoms with van der Waals surface area (Å²) in [5.74, 6) is 2.06. The Labute approximate surface area is 146 Å². The summed E-state index contributed by atoms with van der Waals surface area (Å²) in [6.07, 6.45) is 7.04. The molecule has 1 atom stereocenters. The number of amides is 2. The molecule has 8 nitrogen and oxygen atoms in total. The van der Waals surface area contributed by atoms with Crippen molar-refractivity contribution in [1.29, 1.82) is 0 Å². The van der Waals surface area contributed by atoms with Gasteiger partial charge in [-0.05, 0) is 6.42 Å². The molecule has 8 heteroatoms. The number of carbonyl (C=O) groups excluding carboxylic acids is 2. The third-order valence-electron chi connectivity index (χ3n) is 4.53. The number of carbonyl (C=O) groups is 2. The van der Waals surface area contributed by atoms with Crippen molar-refractivity contribution in [1.82, 2.24) is 29.7 Å². The van der Waals surface area contributed by atoms with Crippen LogP contribution in [0.2, 0.25) is 0 Å². The van der Waals surface area contributed by atoms with Crippen molar-refractivity contribution in [3.8, 4) is 0 Å². The summed E-state index contributed by atoms with van der Waals surface area (Å²) in [6, 6.07) is 0. The van der Waals surface area contributed by atoms with E-state index in [-0.39, 0.29) is 17.7 Å². The quantitative estimate of drug-likeness (QED) is 0.811. The molecule has 3 rings (SSSR count). The summed E-state index contributed by atoms with van der Waals surface area (Å²) in [6.45, 7) is 5.70. The number of nitrogens with zero attached hydrogens (tertiary/aromatic N) is 4. The van der Waals surface area contributed by atoms with Crippen molar-refractivity contribution >= 4 is 11.8 Å². The van der Waals surface area contributed by atoms with Crippen LogP contribution in [0.3, 0.4) is 0 Å². The Morgan fingerprint density at radius 3 is 3.00 bits per heavy atom. The van der Waals surface area contributed by atoms with Gasteiger partial charge in [0.05, 0.1) is 18.4 Å². The first-order valence-corrected chi connectivity index (χ1v) is 8.62. The van der Waals surface area contributed by atoms with Gasteiger partial charge in [0.1, 0.15) is 18.2 Å². The summed E-state index contributed by atoms with van der Waals surface area (Å²) in [7, 11) is 0. The van der Waals surface area contributed by atoms with Gasteiger partial charge in [-0.3, -0.25) is 9.59 Å². The van der Waals surface area contributed by atoms with E-state index < -0.39 is 0 Å². The van der Waals surface area contributed by atoms with Gasteiger partial charge in [0.2, 0.25) is 11.8 Å². The topological polar surface area (TPSA) is 95.9 Å². The van der Waals surface area contributed by atoms with E-state index in [4.69, 9.17) is 0 Å². The van der Waals surface area contributed by atoms with E-state index in [0.29, 0.717) is 19.6 Å². The molecule has 0 spiro atoms. The molecule has 3 heterocycles. The van der Waals surface area contributed by atoms with Crippen LogP contribution in [0.5, 0.6) is 0 Å². The van der Waals surface area contributed by atoms with Crippen LogP contribution in [0.15, 0.2) is 18.6 Å². The third-order valence-corrected chi connectivity index (χ3v) is 4.53. The van der Waals surface area contributed by atoms with Crippen LogP contribution < -0.4 is 5.32 Å². The third kappa shape index (κ3) is 4.07. The minimum Gasteiger partial charge on any atom is -0.351 e. The average Bonchev–Trinajstić information content (AvgIpc) is 3.32. The van der Waals surface area contributed by atoms with Crippen molar-refractivity contribution < 1.29 is 9.59 Å². The number of aromatic amines is 1. The molecule has 2 aromatic rings. The summed E-state index contributed by atoms with van der Waals surface area (Å²) in [4.78, 5) is 37.3. The Morgan fingerprint density at radius 1 is 1.40 bits per heavy atom. The van der Waals surface area contributed by atoms with Crippen molar-refractivity contribution in [2.24, 2.45) is 0 Å². The summed E-state index contributed by atoms with van der Waals surface area (Å²) in [5.41, 5.74) is 0.876. The zero-order valence-corrected chi connectivity index (χ0v) is 14.7. The van der Waals surface area contributed by atoms with E-state index in [9.17, 15) is 9.59 Å². The fourth-order valence-electron chi connectivity index (χ4n) is 3.15. The standard InChI is InChI=1S/C17H24N6O2/c1-3-15-18-5-7-22(15)11-16(25)23-6-4-13(10-23)17-20-9-14(21-17)8-19-12(2)24/h5,7,9,13H,3-4,6,8,10-11H2,1-2H3,(H,19,24)(H,20,21)/t13-/m0/s1. The van der Waals surface area contributed by atoms with E-state index in [1.807, 2.05) is 22.6 Å². The van der Waals surface area contributed by atoms with E-state index in [1.165, 1.54) is 6.92 Å². The Bertz CT molecular complexity index is 750. The van der Waals surface area contributed by atoms with Crippen LogP contribution in [0.1, 0.15) is 43.5 Å². The summed E-state index contributed by atoms with van der Waals surface area (Å²) in [5, 5.41) is 2.74. The van der Waals surface area contributed by atoms with Crippen LogP contribution in [0.25, 0.3) is 0 Å². The van der Waals surface area contributed by atoms with Crippen LogP contribution in [-0.4, -0.2) is 49.3 Å². The second kappa shape index (κ2) is 7.50. The molecule has 2 amide bonds. The molecule has 1 fully saturated rings. The van der Waals surface area contributed by atoms with Gasteiger partial charge in [0.15, 0.2) is 0 Å². The number of hydrogen-bond acceptors (Lipinski definition) is 4. The maximum atomic E-state index is 12.5. The van der Waals surface area contributed by atoms with Crippen LogP contribution >= 0.6 is 0 Å². The number of aryl methyl sites for hydroxylation is 1. The fourth-order valence-corrected chi connectivity index (χ4v) is 3.15. The maximum Gasteiger partial charge on any atom is 0.242 e. The van der Waals surface area contributed by atoms with E-state index in [0.717, 1.165) is 36.7 Å². The van der Waals surface area contributed by atoms with Crippen molar-refractivity contribution in [2.75, 3.05) is 13.1 Å². The maximum absolute atomic E-state index is 12.5. The minimum atomic E-state index is -0.0697. The van der Waals surface area contributed by atoms with Gasteiger partial charge in [0, 0.05) is 44.7 Å². The zero-order valence-electron chi connectivity index (χ0n) is 14.7. The number of nitrogens with one attached hydrogen (secondary N) is 2. The largest absolute Gasteiger partial charge is 0.351 e. The molecule has 0 saturated carbocycles. The lowest BCUT2D eigenvalue weighted by molar-refractivity contribution is -0.130. The lowest BCUT2D eigenvalue weighted by Crippen LogP contribution is -2.32. The average molecular weight is 344 g/mol. The lowest BCUT2D eigenvalue weighted by Gasteiger charge is -2.17. The first kappa shape index (κ1) is 17.2. The van der Waals surface area contributed by atoms with E-state index in [2.05, 4.69) is 20.3 Å². The Hall–Kier alpha value is -2.64. The number of rotatable bonds is 6. The summed E-state index contributed by atoms with van der Waals surface area (Å²) >= 11 is 0. The van der Waals surface area contributed by atoms with Crippen LogP contribution in [0.4, 0.5) is 0 Å². The molecule has 134 valence electrons. The van der Waals surface area contributed by atoms with Crippen molar-refractivity contribution in [3.05, 3.63) is 35.9 Å². The Morgan fingerprint density at radius 2 is 2.24 bits per heavy atom. The molecule has 0 bridgehead atoms. The second-order valence-corrected chi connectivity index (χ2v) is 6.35. The molecule has 1 saturated heterocycles. The van der Waals surface area contributed by atoms with Gasteiger partial charge in [-0.15, -0.1) is 0 Å². The normalized spacial score (nSPS) is 17.0. The molecule has 0 aromatic carbocycles. The number of likely N-dealkylation sites (tertiary alicyclic amines) is 1. The highest BCUT2D eigenvalue weighted by molar-refractivity contribution is 5.76. The highest BCUT2D eigenvalue weighted by Gasteiger charge is 2.29. The molecule has 0 aliphatic carbocycles. The molecule has 2 N–H and O–H groups in total. The highest BCUT2D eigenvalue weighted by Crippen LogP contribution is 2.25. The molecular weight excluding hydrogens is 320 g/mol. The number of imidazole rings is 2. The second-order valence-electron chi connectivity index (χ2n) is 6.35. The lowest BCUT2D eigenvalue weighted by atomic mass is 10.1. The molecule has 25 heavy (non-hydrogen) atoms. The predicted octanol–water partition coefficient (Wildman–Crippen LogP) is 0.821. The van der Waals surface area contributed by atoms with E-state index in [1.54, 1.807) is 12.4 Å². The molecule has 2 aromatic heterocycles. The van der Waals surface area contributed by atoms with Gasteiger partial charge in [-0.25, -0.2) is 9.97 Å². The van der Waals surface area contributed by atoms with Gasteiger partial charge in [-0.1, -0.05) is 6.92 Å². The fraction of sp³-hybridized carbons (Fsp3) is 0.529. The molecular formula is C17H24N6O2. The SMILES string of the molecule is CCc1nccn1CC(=O)N1CC[C@H](c2ncc(CNC(C)=O)[nH]2)C1. The number of aromatic nitrogens is 4. The highest BCUT2D eigenvalue weighted by atomic mass is 16.2. The summed E-state index contributed by atoms with van der Waals surface area (Å²) < 4.78 is 1.91. The van der Waals surface area contributed by atoms with Gasteiger partial charge in [-0.2, -0.15) is 0 Å². The van der Waals surface area contributed by atoms with Crippen molar-refractivity contribution in [2.45, 2.75) is 45.7 Å². The van der Waals surface area contributed by atoms with Crippen molar-refractivity contribution in [3.63, 3.8) is 0 Å². The van der Waals surface area contributed by atoms with Gasteiger partial charge < -0.3 is 19.8 Å². The monoisotopic (exact) mass is 344 g/mol. The number of hydrogen-bond donors (Lipinski definition) is 2. The minimum absolute atomic E-state index is 0.0697. The van der Waals surface area contributed by atoms with E-state index >= 15 is 0 Å². The van der Waals surface area contributed by atoms with Gasteiger partial charge in [0.25, 0.3) is 0 Å².